The van der Waals surface area contributed by atoms with Gasteiger partial charge in [-0.05, 0) is 39.0 Å². The Bertz CT molecular complexity index is 414. The third-order valence-electron chi connectivity index (χ3n) is 2.96. The molecule has 1 aromatic rings. The molecule has 0 amide bonds. The second-order valence-electron chi connectivity index (χ2n) is 4.46. The first-order chi connectivity index (χ1) is 8.30. The first kappa shape index (κ1) is 15.4. The minimum atomic E-state index is -1.19. The molecule has 2 N–H and O–H groups in total. The summed E-state index contributed by atoms with van der Waals surface area (Å²) in [6, 6.07) is 4.19. The maximum Gasteiger partial charge on any atom is 0.194 e. The summed E-state index contributed by atoms with van der Waals surface area (Å²) in [6.45, 7) is 5.28. The number of methoxy groups -OCH3 is 1. The molecule has 0 fully saturated rings. The van der Waals surface area contributed by atoms with E-state index in [1.54, 1.807) is 19.1 Å². The van der Waals surface area contributed by atoms with Crippen LogP contribution in [0.5, 0.6) is 0 Å². The lowest BCUT2D eigenvalue weighted by molar-refractivity contribution is -0.244. The maximum atomic E-state index is 13.9. The molecule has 0 radical (unpaired) electrons. The van der Waals surface area contributed by atoms with Crippen molar-refractivity contribution in [2.75, 3.05) is 7.11 Å². The molecule has 0 saturated heterocycles. The molecule has 2 unspecified atom stereocenters. The average Bonchev–Trinajstić information content (AvgIpc) is 2.28. The summed E-state index contributed by atoms with van der Waals surface area (Å²) in [4.78, 5) is 0. The largest absolute Gasteiger partial charge is 0.349 e. The van der Waals surface area contributed by atoms with Crippen molar-refractivity contribution >= 4 is 11.6 Å². The Hall–Kier alpha value is -0.680. The van der Waals surface area contributed by atoms with Gasteiger partial charge in [0.05, 0.1) is 6.10 Å². The fourth-order valence-electron chi connectivity index (χ4n) is 1.54. The standard InChI is InChI=1S/C13H19ClFNO2/c1-8(16)9(2)18-13(3,17-4)11-6-5-10(14)7-12(11)15/h5-9H,16H2,1-4H3/t8-,9?,13?/m1/s1. The summed E-state index contributed by atoms with van der Waals surface area (Å²) < 4.78 is 24.9. The van der Waals surface area contributed by atoms with Gasteiger partial charge in [-0.3, -0.25) is 0 Å². The maximum absolute atomic E-state index is 13.9. The lowest BCUT2D eigenvalue weighted by Crippen LogP contribution is -2.40. The highest BCUT2D eigenvalue weighted by atomic mass is 35.5. The highest BCUT2D eigenvalue weighted by Gasteiger charge is 2.33. The highest BCUT2D eigenvalue weighted by molar-refractivity contribution is 6.30. The van der Waals surface area contributed by atoms with E-state index in [-0.39, 0.29) is 12.1 Å². The molecular weight excluding hydrogens is 257 g/mol. The Kier molecular flexibility index (Phi) is 5.10. The third kappa shape index (κ3) is 3.42. The van der Waals surface area contributed by atoms with Crippen LogP contribution in [0.2, 0.25) is 5.02 Å². The first-order valence-electron chi connectivity index (χ1n) is 5.74. The monoisotopic (exact) mass is 275 g/mol. The van der Waals surface area contributed by atoms with E-state index in [4.69, 9.17) is 26.8 Å². The molecule has 0 aliphatic heterocycles. The van der Waals surface area contributed by atoms with Gasteiger partial charge in [-0.1, -0.05) is 11.6 Å². The van der Waals surface area contributed by atoms with Gasteiger partial charge in [-0.15, -0.1) is 0 Å². The molecular formula is C13H19ClFNO2. The molecule has 1 aromatic carbocycles. The van der Waals surface area contributed by atoms with Crippen LogP contribution in [-0.2, 0) is 15.3 Å². The Balaban J connectivity index is 3.06. The van der Waals surface area contributed by atoms with Crippen molar-refractivity contribution in [2.45, 2.75) is 38.7 Å². The average molecular weight is 276 g/mol. The number of hydrogen-bond donors (Lipinski definition) is 1. The van der Waals surface area contributed by atoms with Crippen LogP contribution < -0.4 is 5.73 Å². The van der Waals surface area contributed by atoms with Crippen LogP contribution in [-0.4, -0.2) is 19.3 Å². The Morgan fingerprint density at radius 3 is 2.44 bits per heavy atom. The van der Waals surface area contributed by atoms with Crippen LogP contribution in [0.15, 0.2) is 18.2 Å². The first-order valence-corrected chi connectivity index (χ1v) is 6.12. The van der Waals surface area contributed by atoms with Gasteiger partial charge in [0.1, 0.15) is 5.82 Å². The Morgan fingerprint density at radius 1 is 1.39 bits per heavy atom. The van der Waals surface area contributed by atoms with Gasteiger partial charge in [0.25, 0.3) is 0 Å². The molecule has 0 aliphatic rings. The predicted molar refractivity (Wildman–Crippen MR) is 70.0 cm³/mol. The van der Waals surface area contributed by atoms with Crippen LogP contribution in [0.4, 0.5) is 4.39 Å². The van der Waals surface area contributed by atoms with Crippen molar-refractivity contribution in [1.29, 1.82) is 0 Å². The summed E-state index contributed by atoms with van der Waals surface area (Å²) in [7, 11) is 1.46. The number of halogens is 2. The second-order valence-corrected chi connectivity index (χ2v) is 4.89. The highest BCUT2D eigenvalue weighted by Crippen LogP contribution is 2.31. The quantitative estimate of drug-likeness (QED) is 0.840. The molecule has 102 valence electrons. The van der Waals surface area contributed by atoms with Gasteiger partial charge in [0, 0.05) is 23.7 Å². The smallest absolute Gasteiger partial charge is 0.194 e. The molecule has 0 heterocycles. The van der Waals surface area contributed by atoms with Gasteiger partial charge in [-0.25, -0.2) is 4.39 Å². The van der Waals surface area contributed by atoms with E-state index in [0.717, 1.165) is 0 Å². The zero-order valence-electron chi connectivity index (χ0n) is 11.0. The van der Waals surface area contributed by atoms with Crippen LogP contribution in [0.25, 0.3) is 0 Å². The van der Waals surface area contributed by atoms with Crippen molar-refractivity contribution in [3.8, 4) is 0 Å². The number of ether oxygens (including phenoxy) is 2. The fraction of sp³-hybridized carbons (Fsp3) is 0.538. The number of rotatable bonds is 5. The molecule has 1 rings (SSSR count). The molecule has 0 bridgehead atoms. The van der Waals surface area contributed by atoms with Crippen molar-refractivity contribution in [3.05, 3.63) is 34.6 Å². The predicted octanol–water partition coefficient (Wildman–Crippen LogP) is 3.05. The molecule has 0 aromatic heterocycles. The summed E-state index contributed by atoms with van der Waals surface area (Å²) in [6.07, 6.45) is -0.273. The molecule has 0 saturated carbocycles. The zero-order chi connectivity index (χ0) is 13.9. The molecule has 0 aliphatic carbocycles. The summed E-state index contributed by atoms with van der Waals surface area (Å²) in [5, 5.41) is 0.329. The van der Waals surface area contributed by atoms with Crippen molar-refractivity contribution < 1.29 is 13.9 Å². The van der Waals surface area contributed by atoms with Crippen LogP contribution in [0.1, 0.15) is 26.3 Å². The molecule has 3 nitrogen and oxygen atoms in total. The van der Waals surface area contributed by atoms with Crippen LogP contribution >= 0.6 is 11.6 Å². The van der Waals surface area contributed by atoms with E-state index >= 15 is 0 Å². The number of hydrogen-bond acceptors (Lipinski definition) is 3. The third-order valence-corrected chi connectivity index (χ3v) is 3.20. The van der Waals surface area contributed by atoms with E-state index in [2.05, 4.69) is 0 Å². The van der Waals surface area contributed by atoms with Crippen LogP contribution in [0, 0.1) is 5.82 Å². The van der Waals surface area contributed by atoms with Gasteiger partial charge < -0.3 is 15.2 Å². The van der Waals surface area contributed by atoms with E-state index < -0.39 is 11.6 Å². The van der Waals surface area contributed by atoms with Crippen molar-refractivity contribution in [2.24, 2.45) is 5.73 Å². The minimum absolute atomic E-state index is 0.185. The lowest BCUT2D eigenvalue weighted by Gasteiger charge is -2.33. The minimum Gasteiger partial charge on any atom is -0.349 e. The Morgan fingerprint density at radius 2 is 2.00 bits per heavy atom. The van der Waals surface area contributed by atoms with Crippen LogP contribution in [0.3, 0.4) is 0 Å². The Labute approximate surface area is 112 Å². The summed E-state index contributed by atoms with van der Waals surface area (Å²) in [5.41, 5.74) is 6.04. The second kappa shape index (κ2) is 5.97. The fourth-order valence-corrected chi connectivity index (χ4v) is 1.70. The summed E-state index contributed by atoms with van der Waals surface area (Å²) >= 11 is 5.72. The zero-order valence-corrected chi connectivity index (χ0v) is 11.8. The van der Waals surface area contributed by atoms with Gasteiger partial charge in [0.15, 0.2) is 5.79 Å². The molecule has 5 heteroatoms. The van der Waals surface area contributed by atoms with Gasteiger partial charge in [0.2, 0.25) is 0 Å². The van der Waals surface area contributed by atoms with E-state index in [1.807, 2.05) is 13.8 Å². The number of benzene rings is 1. The van der Waals surface area contributed by atoms with E-state index in [0.29, 0.717) is 10.6 Å². The topological polar surface area (TPSA) is 44.5 Å². The van der Waals surface area contributed by atoms with Gasteiger partial charge in [-0.2, -0.15) is 0 Å². The van der Waals surface area contributed by atoms with E-state index in [1.165, 1.54) is 13.2 Å². The van der Waals surface area contributed by atoms with E-state index in [9.17, 15) is 4.39 Å². The lowest BCUT2D eigenvalue weighted by atomic mass is 10.1. The van der Waals surface area contributed by atoms with Crippen molar-refractivity contribution in [3.63, 3.8) is 0 Å². The SMILES string of the molecule is COC(C)(OC(C)[C@@H](C)N)c1ccc(Cl)cc1F. The normalized spacial score (nSPS) is 18.2. The summed E-state index contributed by atoms with van der Waals surface area (Å²) in [5.74, 6) is -1.66. The molecule has 0 spiro atoms. The molecule has 18 heavy (non-hydrogen) atoms. The van der Waals surface area contributed by atoms with Gasteiger partial charge >= 0.3 is 0 Å². The molecule has 3 atom stereocenters. The van der Waals surface area contributed by atoms with Crippen molar-refractivity contribution in [1.82, 2.24) is 0 Å². The number of nitrogens with two attached hydrogens (primary N) is 1.